The molecule has 0 amide bonds. The van der Waals surface area contributed by atoms with E-state index in [0.29, 0.717) is 19.0 Å². The Kier molecular flexibility index (Phi) is 6.04. The number of aromatic nitrogens is 1. The van der Waals surface area contributed by atoms with Crippen LogP contribution in [-0.4, -0.2) is 29.1 Å². The standard InChI is InChI=1S/C22H26N4O/c1-3-23-21(26-16-22(2,27)19-12-5-4-6-13-19)25-15-18-10-7-9-17-11-8-14-24-20(17)18/h4-14,27H,3,15-16H2,1-2H3,(H2,23,25,26). The van der Waals surface area contributed by atoms with Gasteiger partial charge in [-0.15, -0.1) is 0 Å². The van der Waals surface area contributed by atoms with Crippen molar-refractivity contribution in [2.24, 2.45) is 4.99 Å². The lowest BCUT2D eigenvalue weighted by Gasteiger charge is -2.25. The zero-order valence-corrected chi connectivity index (χ0v) is 15.8. The molecule has 0 aliphatic rings. The summed E-state index contributed by atoms with van der Waals surface area (Å²) in [5, 5.41) is 18.4. The van der Waals surface area contributed by atoms with E-state index < -0.39 is 5.60 Å². The van der Waals surface area contributed by atoms with Crippen molar-refractivity contribution < 1.29 is 5.11 Å². The van der Waals surface area contributed by atoms with Crippen molar-refractivity contribution in [2.75, 3.05) is 13.1 Å². The Hall–Kier alpha value is -2.92. The predicted molar refractivity (Wildman–Crippen MR) is 111 cm³/mol. The highest BCUT2D eigenvalue weighted by Crippen LogP contribution is 2.19. The molecule has 3 aromatic rings. The third-order valence-electron chi connectivity index (χ3n) is 4.46. The number of pyridine rings is 1. The molecule has 0 aliphatic heterocycles. The lowest BCUT2D eigenvalue weighted by atomic mass is 9.96. The molecule has 1 atom stereocenters. The number of para-hydroxylation sites is 1. The monoisotopic (exact) mass is 362 g/mol. The summed E-state index contributed by atoms with van der Waals surface area (Å²) in [6.07, 6.45) is 1.80. The molecular formula is C22H26N4O. The van der Waals surface area contributed by atoms with Crippen LogP contribution >= 0.6 is 0 Å². The average Bonchev–Trinajstić information content (AvgIpc) is 2.71. The number of nitrogens with one attached hydrogen (secondary N) is 2. The molecule has 0 radical (unpaired) electrons. The fraction of sp³-hybridized carbons (Fsp3) is 0.273. The van der Waals surface area contributed by atoms with Gasteiger partial charge < -0.3 is 15.7 Å². The van der Waals surface area contributed by atoms with E-state index in [1.54, 1.807) is 13.1 Å². The van der Waals surface area contributed by atoms with Crippen LogP contribution in [0.4, 0.5) is 0 Å². The molecule has 1 aromatic heterocycles. The molecule has 3 N–H and O–H groups in total. The number of aliphatic hydroxyl groups is 1. The zero-order valence-electron chi connectivity index (χ0n) is 15.8. The molecular weight excluding hydrogens is 336 g/mol. The minimum Gasteiger partial charge on any atom is -0.384 e. The molecule has 27 heavy (non-hydrogen) atoms. The fourth-order valence-electron chi connectivity index (χ4n) is 2.96. The predicted octanol–water partition coefficient (Wildman–Crippen LogP) is 3.20. The molecule has 2 aromatic carbocycles. The van der Waals surface area contributed by atoms with Gasteiger partial charge in [-0.3, -0.25) is 4.98 Å². The molecule has 0 saturated carbocycles. The SMILES string of the molecule is CCNC(=NCc1cccc2cccnc12)NCC(C)(O)c1ccccc1. The maximum Gasteiger partial charge on any atom is 0.191 e. The highest BCUT2D eigenvalue weighted by atomic mass is 16.3. The highest BCUT2D eigenvalue weighted by molar-refractivity contribution is 5.83. The van der Waals surface area contributed by atoms with Gasteiger partial charge in [-0.1, -0.05) is 54.6 Å². The Labute approximate surface area is 160 Å². The smallest absolute Gasteiger partial charge is 0.191 e. The summed E-state index contributed by atoms with van der Waals surface area (Å²) in [6.45, 7) is 5.43. The third kappa shape index (κ3) is 4.83. The second-order valence-corrected chi connectivity index (χ2v) is 6.68. The topological polar surface area (TPSA) is 69.5 Å². The van der Waals surface area contributed by atoms with Gasteiger partial charge in [-0.2, -0.15) is 0 Å². The molecule has 5 heteroatoms. The first-order valence-electron chi connectivity index (χ1n) is 9.23. The van der Waals surface area contributed by atoms with Crippen LogP contribution in [0.1, 0.15) is 25.0 Å². The van der Waals surface area contributed by atoms with E-state index in [9.17, 15) is 5.11 Å². The first kappa shape index (κ1) is 18.9. The van der Waals surface area contributed by atoms with Gasteiger partial charge in [-0.05, 0) is 31.0 Å². The van der Waals surface area contributed by atoms with Crippen molar-refractivity contribution in [1.29, 1.82) is 0 Å². The number of nitrogens with zero attached hydrogens (tertiary/aromatic N) is 2. The zero-order chi connectivity index (χ0) is 19.1. The number of aliphatic imine (C=N–C) groups is 1. The minimum atomic E-state index is -0.988. The van der Waals surface area contributed by atoms with Crippen molar-refractivity contribution in [3.63, 3.8) is 0 Å². The number of guanidine groups is 1. The molecule has 140 valence electrons. The van der Waals surface area contributed by atoms with Crippen LogP contribution in [0.15, 0.2) is 71.9 Å². The largest absolute Gasteiger partial charge is 0.384 e. The van der Waals surface area contributed by atoms with Crippen LogP contribution in [0.5, 0.6) is 0 Å². The van der Waals surface area contributed by atoms with Crippen molar-refractivity contribution in [2.45, 2.75) is 26.0 Å². The van der Waals surface area contributed by atoms with Crippen LogP contribution in [0.2, 0.25) is 0 Å². The minimum absolute atomic E-state index is 0.358. The summed E-state index contributed by atoms with van der Waals surface area (Å²) in [6, 6.07) is 19.8. The molecule has 0 fully saturated rings. The number of rotatable bonds is 6. The Balaban J connectivity index is 1.73. The first-order chi connectivity index (χ1) is 13.1. The summed E-state index contributed by atoms with van der Waals surface area (Å²) in [4.78, 5) is 9.15. The fourth-order valence-corrected chi connectivity index (χ4v) is 2.96. The van der Waals surface area contributed by atoms with Gasteiger partial charge >= 0.3 is 0 Å². The first-order valence-corrected chi connectivity index (χ1v) is 9.23. The molecule has 0 saturated heterocycles. The maximum atomic E-state index is 10.8. The van der Waals surface area contributed by atoms with E-state index >= 15 is 0 Å². The van der Waals surface area contributed by atoms with Crippen molar-refractivity contribution >= 4 is 16.9 Å². The Morgan fingerprint density at radius 3 is 2.59 bits per heavy atom. The molecule has 3 rings (SSSR count). The lowest BCUT2D eigenvalue weighted by Crippen LogP contribution is -2.44. The van der Waals surface area contributed by atoms with Gasteiger partial charge in [0.15, 0.2) is 5.96 Å². The molecule has 1 unspecified atom stereocenters. The van der Waals surface area contributed by atoms with Gasteiger partial charge in [0.2, 0.25) is 0 Å². The van der Waals surface area contributed by atoms with Gasteiger partial charge in [-0.25, -0.2) is 4.99 Å². The van der Waals surface area contributed by atoms with E-state index in [0.717, 1.165) is 28.6 Å². The molecule has 0 bridgehead atoms. The highest BCUT2D eigenvalue weighted by Gasteiger charge is 2.22. The van der Waals surface area contributed by atoms with E-state index in [1.165, 1.54) is 0 Å². The van der Waals surface area contributed by atoms with E-state index in [1.807, 2.05) is 55.5 Å². The number of hydrogen-bond acceptors (Lipinski definition) is 3. The van der Waals surface area contributed by atoms with Gasteiger partial charge in [0.1, 0.15) is 5.60 Å². The molecule has 0 spiro atoms. The van der Waals surface area contributed by atoms with Gasteiger partial charge in [0, 0.05) is 18.1 Å². The van der Waals surface area contributed by atoms with Gasteiger partial charge in [0.25, 0.3) is 0 Å². The number of fused-ring (bicyclic) bond motifs is 1. The lowest BCUT2D eigenvalue weighted by molar-refractivity contribution is 0.0617. The molecule has 1 heterocycles. The number of hydrogen-bond donors (Lipinski definition) is 3. The molecule has 0 aliphatic carbocycles. The van der Waals surface area contributed by atoms with Crippen molar-refractivity contribution in [1.82, 2.24) is 15.6 Å². The Bertz CT molecular complexity index is 901. The van der Waals surface area contributed by atoms with Crippen LogP contribution < -0.4 is 10.6 Å². The van der Waals surface area contributed by atoms with Crippen molar-refractivity contribution in [3.8, 4) is 0 Å². The van der Waals surface area contributed by atoms with E-state index in [-0.39, 0.29) is 0 Å². The van der Waals surface area contributed by atoms with Crippen LogP contribution in [0.3, 0.4) is 0 Å². The number of benzene rings is 2. The van der Waals surface area contributed by atoms with E-state index in [2.05, 4.69) is 32.7 Å². The van der Waals surface area contributed by atoms with Crippen LogP contribution in [0.25, 0.3) is 10.9 Å². The summed E-state index contributed by atoms with van der Waals surface area (Å²) in [5.74, 6) is 0.668. The summed E-state index contributed by atoms with van der Waals surface area (Å²) in [7, 11) is 0. The second kappa shape index (κ2) is 8.64. The Morgan fingerprint density at radius 2 is 1.81 bits per heavy atom. The van der Waals surface area contributed by atoms with Crippen LogP contribution in [0, 0.1) is 0 Å². The summed E-state index contributed by atoms with van der Waals surface area (Å²) < 4.78 is 0. The average molecular weight is 362 g/mol. The third-order valence-corrected chi connectivity index (χ3v) is 4.46. The molecule has 5 nitrogen and oxygen atoms in total. The van der Waals surface area contributed by atoms with Crippen LogP contribution in [-0.2, 0) is 12.1 Å². The summed E-state index contributed by atoms with van der Waals surface area (Å²) >= 11 is 0. The maximum absolute atomic E-state index is 10.8. The Morgan fingerprint density at radius 1 is 1.04 bits per heavy atom. The second-order valence-electron chi connectivity index (χ2n) is 6.68. The normalized spacial score (nSPS) is 14.0. The quantitative estimate of drug-likeness (QED) is 0.465. The summed E-state index contributed by atoms with van der Waals surface area (Å²) in [5.41, 5.74) is 1.92. The van der Waals surface area contributed by atoms with Gasteiger partial charge in [0.05, 0.1) is 18.6 Å². The van der Waals surface area contributed by atoms with E-state index in [4.69, 9.17) is 0 Å². The van der Waals surface area contributed by atoms with Crippen molar-refractivity contribution in [3.05, 3.63) is 78.0 Å².